The number of nitrogens with zero attached hydrogens (tertiary/aromatic N) is 1. The van der Waals surface area contributed by atoms with E-state index in [1.807, 2.05) is 42.5 Å². The Morgan fingerprint density at radius 1 is 0.977 bits per heavy atom. The van der Waals surface area contributed by atoms with Crippen molar-refractivity contribution in [3.63, 3.8) is 0 Å². The number of carbonyl (C=O) groups excluding carboxylic acids is 2. The Morgan fingerprint density at radius 3 is 2.32 bits per heavy atom. The summed E-state index contributed by atoms with van der Waals surface area (Å²) in [5.74, 6) is -6.46. The third-order valence-electron chi connectivity index (χ3n) is 11.0. The van der Waals surface area contributed by atoms with Crippen LogP contribution in [0, 0.1) is 17.3 Å². The molecule has 2 aromatic rings. The van der Waals surface area contributed by atoms with Gasteiger partial charge in [-0.1, -0.05) is 55.0 Å². The quantitative estimate of drug-likeness (QED) is 0.351. The first kappa shape index (κ1) is 30.7. The maximum atomic E-state index is 14.8. The van der Waals surface area contributed by atoms with E-state index in [0.29, 0.717) is 24.9 Å². The Morgan fingerprint density at radius 2 is 1.66 bits per heavy atom. The molecule has 4 aliphatic carbocycles. The highest BCUT2D eigenvalue weighted by Crippen LogP contribution is 2.68. The molecule has 1 amide bonds. The molecule has 1 unspecified atom stereocenters. The number of carbonyl (C=O) groups is 2. The number of aliphatic hydroxyl groups is 1. The molecule has 0 heterocycles. The number of halogens is 5. The van der Waals surface area contributed by atoms with Crippen LogP contribution in [0.4, 0.5) is 22.0 Å². The largest absolute Gasteiger partial charge is 0.456 e. The molecule has 1 N–H and O–H groups in total. The van der Waals surface area contributed by atoms with E-state index in [1.54, 1.807) is 30.2 Å². The lowest BCUT2D eigenvalue weighted by Crippen LogP contribution is -2.64. The summed E-state index contributed by atoms with van der Waals surface area (Å²) in [6, 6.07) is 16.9. The topological polar surface area (TPSA) is 57.6 Å². The van der Waals surface area contributed by atoms with Crippen molar-refractivity contribution in [2.75, 3.05) is 7.05 Å². The van der Waals surface area contributed by atoms with E-state index in [2.05, 4.69) is 0 Å². The van der Waals surface area contributed by atoms with Crippen LogP contribution in [-0.2, 0) is 11.3 Å². The first-order chi connectivity index (χ1) is 20.7. The zero-order valence-electron chi connectivity index (χ0n) is 24.8. The number of fused-ring (bicyclic) bond motifs is 4. The number of ketones is 1. The SMILES string of the molecule is CN(Cc1ccccc1)C(=O)c1ccc(C2CC(=O)C=C3CC[C@@H]4C(=C32)CC[C@@]2(C)[C@H]4CC[C@@]2(O)C(F)(F)C(F)(F)F)cc1. The Balaban J connectivity index is 1.30. The predicted molar refractivity (Wildman–Crippen MR) is 155 cm³/mol. The van der Waals surface area contributed by atoms with Gasteiger partial charge in [0.25, 0.3) is 5.91 Å². The normalized spacial score (nSPS) is 30.3. The lowest BCUT2D eigenvalue weighted by Gasteiger charge is -2.53. The van der Waals surface area contributed by atoms with Gasteiger partial charge >= 0.3 is 12.1 Å². The second kappa shape index (κ2) is 10.6. The number of rotatable bonds is 5. The summed E-state index contributed by atoms with van der Waals surface area (Å²) in [4.78, 5) is 27.6. The Kier molecular flexibility index (Phi) is 7.42. The van der Waals surface area contributed by atoms with E-state index in [9.17, 15) is 36.6 Å². The van der Waals surface area contributed by atoms with Gasteiger partial charge in [0.1, 0.15) is 5.60 Å². The maximum absolute atomic E-state index is 14.8. The summed E-state index contributed by atoms with van der Waals surface area (Å²) in [6.07, 6.45) is -3.16. The van der Waals surface area contributed by atoms with E-state index in [0.717, 1.165) is 27.8 Å². The van der Waals surface area contributed by atoms with Gasteiger partial charge in [-0.05, 0) is 90.8 Å². The molecule has 0 spiro atoms. The average Bonchev–Trinajstić information content (AvgIpc) is 3.27. The van der Waals surface area contributed by atoms with E-state index < -0.39 is 35.5 Å². The second-order valence-electron chi connectivity index (χ2n) is 13.2. The van der Waals surface area contributed by atoms with Crippen molar-refractivity contribution in [1.82, 2.24) is 4.90 Å². The Labute approximate surface area is 253 Å². The number of alkyl halides is 5. The van der Waals surface area contributed by atoms with Crippen LogP contribution in [0.15, 0.2) is 77.4 Å². The fraction of sp³-hybridized carbons (Fsp3) is 0.486. The smallest absolute Gasteiger partial charge is 0.383 e. The van der Waals surface area contributed by atoms with Crippen molar-refractivity contribution in [2.45, 2.75) is 82.0 Å². The maximum Gasteiger partial charge on any atom is 0.456 e. The highest BCUT2D eigenvalue weighted by Gasteiger charge is 2.78. The van der Waals surface area contributed by atoms with Crippen LogP contribution < -0.4 is 0 Å². The highest BCUT2D eigenvalue weighted by molar-refractivity contribution is 5.95. The van der Waals surface area contributed by atoms with E-state index in [-0.39, 0.29) is 49.2 Å². The fourth-order valence-corrected chi connectivity index (χ4v) is 8.69. The molecule has 2 fully saturated rings. The number of hydrogen-bond acceptors (Lipinski definition) is 3. The number of amides is 1. The summed E-state index contributed by atoms with van der Waals surface area (Å²) < 4.78 is 70.3. The van der Waals surface area contributed by atoms with Gasteiger partial charge in [0.2, 0.25) is 0 Å². The van der Waals surface area contributed by atoms with Crippen LogP contribution in [0.25, 0.3) is 0 Å². The van der Waals surface area contributed by atoms with Crippen LogP contribution >= 0.6 is 0 Å². The molecule has 4 nitrogen and oxygen atoms in total. The van der Waals surface area contributed by atoms with Crippen molar-refractivity contribution in [3.8, 4) is 0 Å². The molecule has 0 aliphatic heterocycles. The fourth-order valence-electron chi connectivity index (χ4n) is 8.69. The number of hydrogen-bond donors (Lipinski definition) is 1. The van der Waals surface area contributed by atoms with E-state index in [1.165, 1.54) is 6.92 Å². The van der Waals surface area contributed by atoms with Gasteiger partial charge in [0, 0.05) is 36.9 Å². The molecule has 9 heteroatoms. The second-order valence-corrected chi connectivity index (χ2v) is 13.2. The zero-order chi connectivity index (χ0) is 31.7. The van der Waals surface area contributed by atoms with Gasteiger partial charge < -0.3 is 10.0 Å². The zero-order valence-corrected chi connectivity index (χ0v) is 24.8. The highest BCUT2D eigenvalue weighted by atomic mass is 19.4. The van der Waals surface area contributed by atoms with Crippen molar-refractivity contribution < 1.29 is 36.6 Å². The van der Waals surface area contributed by atoms with Crippen LogP contribution in [0.1, 0.15) is 79.3 Å². The molecule has 0 bridgehead atoms. The van der Waals surface area contributed by atoms with E-state index >= 15 is 0 Å². The summed E-state index contributed by atoms with van der Waals surface area (Å²) in [6.45, 7) is 1.86. The van der Waals surface area contributed by atoms with Gasteiger partial charge in [-0.15, -0.1) is 0 Å². The van der Waals surface area contributed by atoms with Crippen LogP contribution in [0.5, 0.6) is 0 Å². The predicted octanol–water partition coefficient (Wildman–Crippen LogP) is 7.79. The van der Waals surface area contributed by atoms with Crippen molar-refractivity contribution in [2.24, 2.45) is 17.3 Å². The molecular formula is C35H36F5NO3. The van der Waals surface area contributed by atoms with Gasteiger partial charge in [-0.3, -0.25) is 9.59 Å². The average molecular weight is 614 g/mol. The molecule has 0 radical (unpaired) electrons. The van der Waals surface area contributed by atoms with Gasteiger partial charge in [-0.2, -0.15) is 22.0 Å². The molecule has 0 saturated heterocycles. The van der Waals surface area contributed by atoms with Crippen LogP contribution in [-0.4, -0.2) is 46.4 Å². The molecule has 44 heavy (non-hydrogen) atoms. The minimum atomic E-state index is -5.85. The van der Waals surface area contributed by atoms with Crippen molar-refractivity contribution in [1.29, 1.82) is 0 Å². The van der Waals surface area contributed by atoms with Gasteiger partial charge in [0.05, 0.1) is 0 Å². The minimum Gasteiger partial charge on any atom is -0.383 e. The first-order valence-corrected chi connectivity index (χ1v) is 15.2. The first-order valence-electron chi connectivity index (χ1n) is 15.2. The summed E-state index contributed by atoms with van der Waals surface area (Å²) >= 11 is 0. The lowest BCUT2D eigenvalue weighted by molar-refractivity contribution is -0.362. The Hall–Kier alpha value is -3.33. The van der Waals surface area contributed by atoms with Crippen LogP contribution in [0.3, 0.4) is 0 Å². The van der Waals surface area contributed by atoms with E-state index in [4.69, 9.17) is 0 Å². The monoisotopic (exact) mass is 613 g/mol. The molecule has 234 valence electrons. The molecule has 2 aromatic carbocycles. The molecule has 6 rings (SSSR count). The third kappa shape index (κ3) is 4.65. The standard InChI is InChI=1S/C35H36F5NO3/c1-32-16-14-27-26(29(32)15-17-33(32,44)34(36,37)35(38,39)40)13-12-24-18-25(42)19-28(30(24)27)22-8-10-23(11-9-22)31(43)41(2)20-21-6-4-3-5-7-21/h3-11,18,26,28-29,44H,12-17,19-20H2,1-2H3/t26-,28?,29+,32+,33+/m1/s1. The number of allylic oxidation sites excluding steroid dienone is 4. The minimum absolute atomic E-state index is 0.00427. The van der Waals surface area contributed by atoms with Crippen molar-refractivity contribution >= 4 is 11.7 Å². The van der Waals surface area contributed by atoms with Gasteiger partial charge in [-0.25, -0.2) is 0 Å². The van der Waals surface area contributed by atoms with Crippen molar-refractivity contribution in [3.05, 3.63) is 94.1 Å². The molecule has 4 aliphatic rings. The molecule has 2 saturated carbocycles. The number of benzene rings is 2. The van der Waals surface area contributed by atoms with Crippen LogP contribution in [0.2, 0.25) is 0 Å². The molecule has 5 atom stereocenters. The van der Waals surface area contributed by atoms with Gasteiger partial charge in [0.15, 0.2) is 5.78 Å². The Bertz CT molecular complexity index is 1530. The molecular weight excluding hydrogens is 577 g/mol. The lowest BCUT2D eigenvalue weighted by atomic mass is 9.53. The third-order valence-corrected chi connectivity index (χ3v) is 11.0. The molecule has 0 aromatic heterocycles. The summed E-state index contributed by atoms with van der Waals surface area (Å²) in [7, 11) is 1.74. The summed E-state index contributed by atoms with van der Waals surface area (Å²) in [5.41, 5.74) is 0.501. The summed E-state index contributed by atoms with van der Waals surface area (Å²) in [5, 5.41) is 11.1.